The van der Waals surface area contributed by atoms with E-state index in [0.717, 1.165) is 10.4 Å². The summed E-state index contributed by atoms with van der Waals surface area (Å²) < 4.78 is 37.9. The molecule has 7 heteroatoms. The van der Waals surface area contributed by atoms with Gasteiger partial charge in [-0.05, 0) is 18.2 Å². The summed E-state index contributed by atoms with van der Waals surface area (Å²) in [4.78, 5) is -0.147. The minimum absolute atomic E-state index is 0.0499. The number of β-amino-alcohol motifs (C(OH)–C–C–N with tert-alkyl or cyclic N) is 1. The van der Waals surface area contributed by atoms with Crippen molar-refractivity contribution in [3.63, 3.8) is 0 Å². The third-order valence-corrected chi connectivity index (χ3v) is 4.27. The van der Waals surface area contributed by atoms with Gasteiger partial charge in [0.15, 0.2) is 0 Å². The largest absolute Gasteiger partial charge is 0.396 e. The third-order valence-electron chi connectivity index (χ3n) is 2.44. The smallest absolute Gasteiger partial charge is 0.243 e. The van der Waals surface area contributed by atoms with Crippen LogP contribution in [0.4, 0.5) is 10.1 Å². The molecule has 1 saturated heterocycles. The minimum Gasteiger partial charge on any atom is -0.396 e. The second-order valence-corrected chi connectivity index (χ2v) is 5.60. The summed E-state index contributed by atoms with van der Waals surface area (Å²) in [6.45, 7) is 0.0999. The molecule has 2 rings (SSSR count). The van der Waals surface area contributed by atoms with Crippen LogP contribution in [0.25, 0.3) is 0 Å². The van der Waals surface area contributed by atoms with Gasteiger partial charge in [0.05, 0.1) is 16.7 Å². The van der Waals surface area contributed by atoms with E-state index in [4.69, 9.17) is 10.8 Å². The molecule has 1 fully saturated rings. The fourth-order valence-corrected chi connectivity index (χ4v) is 2.96. The lowest BCUT2D eigenvalue weighted by atomic mass is 10.2. The number of nitrogens with two attached hydrogens (primary N) is 1. The highest BCUT2D eigenvalue weighted by atomic mass is 32.2. The van der Waals surface area contributed by atoms with Gasteiger partial charge in [-0.15, -0.1) is 0 Å². The summed E-state index contributed by atoms with van der Waals surface area (Å²) >= 11 is 0. The summed E-state index contributed by atoms with van der Waals surface area (Å²) in [5, 5.41) is 9.03. The number of anilines is 1. The molecule has 1 heterocycles. The maximum atomic E-state index is 13.1. The van der Waals surface area contributed by atoms with Crippen LogP contribution in [0, 0.1) is 5.82 Å². The van der Waals surface area contributed by atoms with Gasteiger partial charge in [0.1, 0.15) is 5.82 Å². The molecule has 1 aliphatic rings. The van der Waals surface area contributed by atoms with E-state index in [0.29, 0.717) is 0 Å². The number of hydrogen-bond donors (Lipinski definition) is 2. The van der Waals surface area contributed by atoms with Gasteiger partial charge in [0.25, 0.3) is 0 Å². The van der Waals surface area contributed by atoms with Crippen LogP contribution in [0.1, 0.15) is 0 Å². The van der Waals surface area contributed by atoms with Crippen molar-refractivity contribution in [3.05, 3.63) is 24.0 Å². The molecule has 1 aromatic carbocycles. The summed E-state index contributed by atoms with van der Waals surface area (Å²) in [7, 11) is -3.70. The summed E-state index contributed by atoms with van der Waals surface area (Å²) in [6, 6.07) is 3.34. The van der Waals surface area contributed by atoms with Gasteiger partial charge in [-0.25, -0.2) is 12.8 Å². The van der Waals surface area contributed by atoms with Crippen LogP contribution >= 0.6 is 0 Å². The Morgan fingerprint density at radius 2 is 2.06 bits per heavy atom. The van der Waals surface area contributed by atoms with Gasteiger partial charge >= 0.3 is 0 Å². The average Bonchev–Trinajstić information content (AvgIpc) is 2.17. The van der Waals surface area contributed by atoms with E-state index in [1.165, 1.54) is 12.1 Å². The Labute approximate surface area is 92.3 Å². The molecule has 0 bridgehead atoms. The molecule has 0 atom stereocenters. The first-order chi connectivity index (χ1) is 7.41. The Morgan fingerprint density at radius 3 is 2.56 bits per heavy atom. The monoisotopic (exact) mass is 246 g/mol. The highest BCUT2D eigenvalue weighted by molar-refractivity contribution is 7.89. The minimum atomic E-state index is -3.70. The van der Waals surface area contributed by atoms with Crippen LogP contribution in [0.2, 0.25) is 0 Å². The van der Waals surface area contributed by atoms with Crippen molar-refractivity contribution >= 4 is 15.7 Å². The van der Waals surface area contributed by atoms with Crippen molar-refractivity contribution in [2.45, 2.75) is 11.0 Å². The highest BCUT2D eigenvalue weighted by Gasteiger charge is 2.35. The lowest BCUT2D eigenvalue weighted by Crippen LogP contribution is -2.53. The maximum absolute atomic E-state index is 13.1. The number of halogens is 1. The van der Waals surface area contributed by atoms with Gasteiger partial charge in [0, 0.05) is 13.1 Å². The number of nitrogens with zero attached hydrogens (tertiary/aromatic N) is 1. The van der Waals surface area contributed by atoms with Gasteiger partial charge in [-0.1, -0.05) is 0 Å². The van der Waals surface area contributed by atoms with Crippen molar-refractivity contribution in [3.8, 4) is 0 Å². The molecular formula is C9H11FN2O3S. The van der Waals surface area contributed by atoms with Crippen LogP contribution in [-0.4, -0.2) is 37.0 Å². The van der Waals surface area contributed by atoms with Crippen molar-refractivity contribution in [1.29, 1.82) is 0 Å². The molecule has 1 aromatic rings. The molecule has 0 amide bonds. The second-order valence-electron chi connectivity index (χ2n) is 3.66. The van der Waals surface area contributed by atoms with Gasteiger partial charge in [-0.2, -0.15) is 4.31 Å². The average molecular weight is 246 g/mol. The van der Waals surface area contributed by atoms with E-state index in [9.17, 15) is 12.8 Å². The van der Waals surface area contributed by atoms with Gasteiger partial charge < -0.3 is 10.8 Å². The Kier molecular flexibility index (Phi) is 2.61. The molecule has 0 saturated carbocycles. The lowest BCUT2D eigenvalue weighted by molar-refractivity contribution is 0.0548. The number of rotatable bonds is 2. The predicted octanol–water partition coefficient (Wildman–Crippen LogP) is -0.227. The van der Waals surface area contributed by atoms with Crippen LogP contribution < -0.4 is 5.73 Å². The molecule has 0 unspecified atom stereocenters. The summed E-state index contributed by atoms with van der Waals surface area (Å²) in [5.74, 6) is -0.762. The zero-order valence-electron chi connectivity index (χ0n) is 8.30. The molecular weight excluding hydrogens is 235 g/mol. The standard InChI is InChI=1S/C9H11FN2O3S/c10-8-3-7(1-2-9(8)11)16(14,15)12-4-6(13)5-12/h1-3,6,13H,4-5,11H2. The lowest BCUT2D eigenvalue weighted by Gasteiger charge is -2.34. The zero-order chi connectivity index (χ0) is 11.9. The molecule has 0 radical (unpaired) electrons. The molecule has 0 aliphatic carbocycles. The normalized spacial score (nSPS) is 18.4. The number of sulfonamides is 1. The first-order valence-corrected chi connectivity index (χ1v) is 6.08. The number of nitrogen functional groups attached to an aromatic ring is 1. The fourth-order valence-electron chi connectivity index (χ4n) is 1.43. The molecule has 3 N–H and O–H groups in total. The summed E-state index contributed by atoms with van der Waals surface area (Å²) in [5.41, 5.74) is 5.16. The van der Waals surface area contributed by atoms with E-state index >= 15 is 0 Å². The van der Waals surface area contributed by atoms with Crippen molar-refractivity contribution in [2.24, 2.45) is 0 Å². The molecule has 1 aliphatic heterocycles. The van der Waals surface area contributed by atoms with Gasteiger partial charge in [-0.3, -0.25) is 0 Å². The van der Waals surface area contributed by atoms with E-state index in [-0.39, 0.29) is 23.7 Å². The van der Waals surface area contributed by atoms with Crippen molar-refractivity contribution < 1.29 is 17.9 Å². The van der Waals surface area contributed by atoms with E-state index in [1.807, 2.05) is 0 Å². The fraction of sp³-hybridized carbons (Fsp3) is 0.333. The topological polar surface area (TPSA) is 83.6 Å². The number of benzene rings is 1. The molecule has 0 spiro atoms. The van der Waals surface area contributed by atoms with Crippen LogP contribution in [0.15, 0.2) is 23.1 Å². The Bertz CT molecular complexity index is 511. The van der Waals surface area contributed by atoms with E-state index < -0.39 is 21.9 Å². The van der Waals surface area contributed by atoms with Crippen molar-refractivity contribution in [1.82, 2.24) is 4.31 Å². The molecule has 5 nitrogen and oxygen atoms in total. The van der Waals surface area contributed by atoms with E-state index in [2.05, 4.69) is 0 Å². The quantitative estimate of drug-likeness (QED) is 0.706. The third kappa shape index (κ3) is 1.77. The summed E-state index contributed by atoms with van der Waals surface area (Å²) in [6.07, 6.45) is -0.631. The predicted molar refractivity (Wildman–Crippen MR) is 55.6 cm³/mol. The Balaban J connectivity index is 2.33. The SMILES string of the molecule is Nc1ccc(S(=O)(=O)N2CC(O)C2)cc1F. The number of aliphatic hydroxyl groups is 1. The molecule has 16 heavy (non-hydrogen) atoms. The Morgan fingerprint density at radius 1 is 1.44 bits per heavy atom. The second kappa shape index (κ2) is 3.69. The first-order valence-electron chi connectivity index (χ1n) is 4.64. The number of hydrogen-bond acceptors (Lipinski definition) is 4. The highest BCUT2D eigenvalue weighted by Crippen LogP contribution is 2.23. The molecule has 0 aromatic heterocycles. The van der Waals surface area contributed by atoms with Crippen LogP contribution in [0.3, 0.4) is 0 Å². The van der Waals surface area contributed by atoms with E-state index in [1.54, 1.807) is 0 Å². The number of aliphatic hydroxyl groups excluding tert-OH is 1. The van der Waals surface area contributed by atoms with Crippen molar-refractivity contribution in [2.75, 3.05) is 18.8 Å². The van der Waals surface area contributed by atoms with Gasteiger partial charge in [0.2, 0.25) is 10.0 Å². The maximum Gasteiger partial charge on any atom is 0.243 e. The van der Waals surface area contributed by atoms with Crippen LogP contribution in [0.5, 0.6) is 0 Å². The first kappa shape index (κ1) is 11.3. The Hall–Kier alpha value is -1.18. The molecule has 88 valence electrons. The van der Waals surface area contributed by atoms with Crippen LogP contribution in [-0.2, 0) is 10.0 Å². The zero-order valence-corrected chi connectivity index (χ0v) is 9.11.